The third-order valence-corrected chi connectivity index (χ3v) is 7.36. The molecule has 1 aliphatic carbocycles. The molecule has 0 spiro atoms. The Balaban J connectivity index is 1.43. The number of aryl methyl sites for hydroxylation is 2. The van der Waals surface area contributed by atoms with Crippen LogP contribution in [0.1, 0.15) is 22.8 Å². The van der Waals surface area contributed by atoms with Crippen LogP contribution in [0.25, 0.3) is 21.6 Å². The molecule has 26 heavy (non-hydrogen) atoms. The molecule has 0 atom stereocenters. The summed E-state index contributed by atoms with van der Waals surface area (Å²) < 4.78 is 6.96. The van der Waals surface area contributed by atoms with Gasteiger partial charge in [0.1, 0.15) is 4.83 Å². The van der Waals surface area contributed by atoms with Gasteiger partial charge < -0.3 is 4.52 Å². The number of rotatable bonds is 4. The van der Waals surface area contributed by atoms with Crippen molar-refractivity contribution in [1.29, 1.82) is 0 Å². The minimum absolute atomic E-state index is 0.0430. The van der Waals surface area contributed by atoms with Crippen LogP contribution in [0.5, 0.6) is 0 Å². The highest BCUT2D eigenvalue weighted by atomic mass is 32.2. The molecule has 0 bridgehead atoms. The highest BCUT2D eigenvalue weighted by Crippen LogP contribution is 2.35. The molecule has 0 unspecified atom stereocenters. The number of aromatic nitrogens is 4. The van der Waals surface area contributed by atoms with E-state index in [0.717, 1.165) is 35.0 Å². The Kier molecular flexibility index (Phi) is 3.95. The van der Waals surface area contributed by atoms with Gasteiger partial charge >= 0.3 is 0 Å². The van der Waals surface area contributed by atoms with Gasteiger partial charge in [0.15, 0.2) is 5.16 Å². The maximum absolute atomic E-state index is 12.8. The molecule has 4 aromatic heterocycles. The van der Waals surface area contributed by atoms with Crippen molar-refractivity contribution in [2.45, 2.75) is 30.2 Å². The SMILES string of the molecule is Cn1c(SCc2nc(-c3ccsc3)no2)nc2sc3c(c2c1=O)CCC3. The average molecular weight is 403 g/mol. The molecule has 1 aliphatic rings. The number of hydrogen-bond donors (Lipinski definition) is 0. The molecule has 0 fully saturated rings. The van der Waals surface area contributed by atoms with E-state index in [1.165, 1.54) is 22.2 Å². The smallest absolute Gasteiger partial charge is 0.262 e. The number of fused-ring (bicyclic) bond motifs is 3. The van der Waals surface area contributed by atoms with E-state index >= 15 is 0 Å². The Morgan fingerprint density at radius 3 is 3.12 bits per heavy atom. The minimum Gasteiger partial charge on any atom is -0.338 e. The summed E-state index contributed by atoms with van der Waals surface area (Å²) in [5, 5.41) is 9.47. The molecule has 6 nitrogen and oxygen atoms in total. The van der Waals surface area contributed by atoms with Crippen LogP contribution < -0.4 is 5.56 Å². The van der Waals surface area contributed by atoms with Gasteiger partial charge in [0.2, 0.25) is 11.7 Å². The fourth-order valence-electron chi connectivity index (χ4n) is 3.18. The Bertz CT molecular complexity index is 1160. The summed E-state index contributed by atoms with van der Waals surface area (Å²) in [6.45, 7) is 0. The van der Waals surface area contributed by atoms with E-state index in [9.17, 15) is 4.79 Å². The normalized spacial score (nSPS) is 13.6. The maximum Gasteiger partial charge on any atom is 0.262 e. The molecular weight excluding hydrogens is 388 g/mol. The first-order valence-corrected chi connectivity index (χ1v) is 10.9. The second-order valence-electron chi connectivity index (χ2n) is 6.11. The third kappa shape index (κ3) is 2.62. The van der Waals surface area contributed by atoms with Crippen LogP contribution in [-0.4, -0.2) is 19.7 Å². The van der Waals surface area contributed by atoms with E-state index in [0.29, 0.717) is 22.6 Å². The lowest BCUT2D eigenvalue weighted by Gasteiger charge is -2.06. The van der Waals surface area contributed by atoms with Crippen LogP contribution >= 0.6 is 34.4 Å². The Morgan fingerprint density at radius 2 is 2.27 bits per heavy atom. The molecule has 0 radical (unpaired) electrons. The van der Waals surface area contributed by atoms with Gasteiger partial charge in [0, 0.05) is 22.9 Å². The quantitative estimate of drug-likeness (QED) is 0.381. The number of nitrogens with zero attached hydrogens (tertiary/aromatic N) is 4. The summed E-state index contributed by atoms with van der Waals surface area (Å²) in [6.07, 6.45) is 3.20. The third-order valence-electron chi connectivity index (χ3n) is 4.48. The second kappa shape index (κ2) is 6.33. The van der Waals surface area contributed by atoms with E-state index in [1.807, 2.05) is 16.8 Å². The second-order valence-corrected chi connectivity index (χ2v) is 8.91. The molecule has 0 saturated carbocycles. The van der Waals surface area contributed by atoms with Crippen molar-refractivity contribution < 1.29 is 4.52 Å². The van der Waals surface area contributed by atoms with Gasteiger partial charge in [-0.2, -0.15) is 16.3 Å². The summed E-state index contributed by atoms with van der Waals surface area (Å²) in [5.41, 5.74) is 2.21. The lowest BCUT2D eigenvalue weighted by atomic mass is 10.2. The number of thioether (sulfide) groups is 1. The fourth-order valence-corrected chi connectivity index (χ4v) is 5.93. The van der Waals surface area contributed by atoms with E-state index in [-0.39, 0.29) is 5.56 Å². The van der Waals surface area contributed by atoms with E-state index < -0.39 is 0 Å². The minimum atomic E-state index is 0.0430. The molecule has 9 heteroatoms. The summed E-state index contributed by atoms with van der Waals surface area (Å²) >= 11 is 4.70. The van der Waals surface area contributed by atoms with Crippen molar-refractivity contribution >= 4 is 44.7 Å². The molecular formula is C17H14N4O2S3. The molecule has 132 valence electrons. The lowest BCUT2D eigenvalue weighted by Crippen LogP contribution is -2.20. The van der Waals surface area contributed by atoms with Gasteiger partial charge in [-0.25, -0.2) is 4.98 Å². The van der Waals surface area contributed by atoms with Gasteiger partial charge in [-0.05, 0) is 36.3 Å². The van der Waals surface area contributed by atoms with Crippen molar-refractivity contribution in [2.75, 3.05) is 0 Å². The first-order valence-electron chi connectivity index (χ1n) is 8.20. The zero-order valence-electron chi connectivity index (χ0n) is 13.9. The largest absolute Gasteiger partial charge is 0.338 e. The fraction of sp³-hybridized carbons (Fsp3) is 0.294. The first kappa shape index (κ1) is 16.2. The van der Waals surface area contributed by atoms with Crippen LogP contribution in [-0.2, 0) is 25.6 Å². The molecule has 0 aliphatic heterocycles. The van der Waals surface area contributed by atoms with Gasteiger partial charge in [-0.1, -0.05) is 16.9 Å². The standard InChI is InChI=1S/C17H14N4O2S3/c1-21-16(22)13-10-3-2-4-11(10)26-15(13)19-17(21)25-8-12-18-14(20-23-12)9-5-6-24-7-9/h5-7H,2-4,8H2,1H3. The van der Waals surface area contributed by atoms with Crippen LogP contribution in [0.4, 0.5) is 0 Å². The van der Waals surface area contributed by atoms with Gasteiger partial charge in [-0.15, -0.1) is 11.3 Å². The Morgan fingerprint density at radius 1 is 1.35 bits per heavy atom. The first-order chi connectivity index (χ1) is 12.7. The van der Waals surface area contributed by atoms with Crippen molar-refractivity contribution in [3.63, 3.8) is 0 Å². The highest BCUT2D eigenvalue weighted by Gasteiger charge is 2.22. The van der Waals surface area contributed by atoms with Crippen molar-refractivity contribution in [2.24, 2.45) is 7.05 Å². The summed E-state index contributed by atoms with van der Waals surface area (Å²) in [6, 6.07) is 1.96. The predicted octanol–water partition coefficient (Wildman–Crippen LogP) is 3.89. The average Bonchev–Trinajstić information content (AvgIpc) is 3.40. The maximum atomic E-state index is 12.8. The van der Waals surface area contributed by atoms with Crippen molar-refractivity contribution in [3.8, 4) is 11.4 Å². The summed E-state index contributed by atoms with van der Waals surface area (Å²) in [4.78, 5) is 24.1. The van der Waals surface area contributed by atoms with E-state index in [4.69, 9.17) is 9.51 Å². The zero-order valence-corrected chi connectivity index (χ0v) is 16.3. The molecule has 0 amide bonds. The van der Waals surface area contributed by atoms with E-state index in [2.05, 4.69) is 10.1 Å². The van der Waals surface area contributed by atoms with E-state index in [1.54, 1.807) is 34.3 Å². The van der Waals surface area contributed by atoms with Gasteiger partial charge in [-0.3, -0.25) is 9.36 Å². The van der Waals surface area contributed by atoms with Gasteiger partial charge in [0.05, 0.1) is 11.1 Å². The Hall–Kier alpha value is -1.97. The molecule has 4 heterocycles. The number of hydrogen-bond acceptors (Lipinski definition) is 8. The summed E-state index contributed by atoms with van der Waals surface area (Å²) in [7, 11) is 1.78. The van der Waals surface area contributed by atoms with Crippen molar-refractivity contribution in [3.05, 3.63) is 43.5 Å². The van der Waals surface area contributed by atoms with Crippen LogP contribution in [0, 0.1) is 0 Å². The van der Waals surface area contributed by atoms with Crippen LogP contribution in [0.15, 0.2) is 31.3 Å². The lowest BCUT2D eigenvalue weighted by molar-refractivity contribution is 0.391. The predicted molar refractivity (Wildman–Crippen MR) is 104 cm³/mol. The van der Waals surface area contributed by atoms with Crippen LogP contribution in [0.3, 0.4) is 0 Å². The van der Waals surface area contributed by atoms with Crippen molar-refractivity contribution in [1.82, 2.24) is 19.7 Å². The molecule has 4 aromatic rings. The molecule has 0 saturated heterocycles. The highest BCUT2D eigenvalue weighted by molar-refractivity contribution is 7.98. The molecule has 5 rings (SSSR count). The van der Waals surface area contributed by atoms with Gasteiger partial charge in [0.25, 0.3) is 5.56 Å². The molecule has 0 N–H and O–H groups in total. The summed E-state index contributed by atoms with van der Waals surface area (Å²) in [5.74, 6) is 1.60. The number of thiophene rings is 2. The molecule has 0 aromatic carbocycles. The van der Waals surface area contributed by atoms with Crippen LogP contribution in [0.2, 0.25) is 0 Å². The topological polar surface area (TPSA) is 73.8 Å². The Labute approximate surface area is 160 Å². The zero-order chi connectivity index (χ0) is 17.7. The monoisotopic (exact) mass is 402 g/mol.